The van der Waals surface area contributed by atoms with Gasteiger partial charge in [-0.2, -0.15) is 0 Å². The van der Waals surface area contributed by atoms with Gasteiger partial charge in [-0.25, -0.2) is 8.78 Å². The molecule has 0 saturated heterocycles. The Morgan fingerprint density at radius 2 is 1.47 bits per heavy atom. The highest BCUT2D eigenvalue weighted by Crippen LogP contribution is 2.49. The molecule has 5 saturated carbocycles. The van der Waals surface area contributed by atoms with Gasteiger partial charge in [0, 0.05) is 25.4 Å². The first kappa shape index (κ1) is 28.3. The number of hydrogen-bond acceptors (Lipinski definition) is 5. The molecule has 11 heteroatoms. The number of carbonyl (C=O) groups is 2. The lowest BCUT2D eigenvalue weighted by atomic mass is 9.59. The molecule has 0 spiro atoms. The predicted octanol–water partition coefficient (Wildman–Crippen LogP) is 3.41. The second kappa shape index (κ2) is 11.6. The summed E-state index contributed by atoms with van der Waals surface area (Å²) in [5, 5.41) is 13.1. The number of carbonyl (C=O) groups excluding carboxylic acids is 2. The van der Waals surface area contributed by atoms with E-state index in [1.807, 2.05) is 0 Å². The summed E-state index contributed by atoms with van der Waals surface area (Å²) in [5.41, 5.74) is -1.26. The van der Waals surface area contributed by atoms with Gasteiger partial charge in [-0.1, -0.05) is 0 Å². The fourth-order valence-corrected chi connectivity index (χ4v) is 6.90. The van der Waals surface area contributed by atoms with E-state index in [-0.39, 0.29) is 50.1 Å². The number of nitrogens with zero attached hydrogens (tertiary/aromatic N) is 1. The molecule has 5 fully saturated rings. The third kappa shape index (κ3) is 6.11. The zero-order valence-electron chi connectivity index (χ0n) is 20.8. The summed E-state index contributed by atoms with van der Waals surface area (Å²) in [7, 11) is 1.68. The second-order valence-electron chi connectivity index (χ2n) is 11.2. The molecule has 0 radical (unpaired) electrons. The van der Waals surface area contributed by atoms with Crippen LogP contribution in [0.5, 0.6) is 0 Å². The highest BCUT2D eigenvalue weighted by Gasteiger charge is 2.57. The number of aliphatic hydroxyl groups excluding tert-OH is 1. The lowest BCUT2D eigenvalue weighted by Gasteiger charge is -2.59. The Morgan fingerprint density at radius 3 is 1.97 bits per heavy atom. The van der Waals surface area contributed by atoms with Gasteiger partial charge in [0.2, 0.25) is 11.8 Å². The first-order valence-electron chi connectivity index (χ1n) is 13.1. The molecule has 7 nitrogen and oxygen atoms in total. The third-order valence-corrected chi connectivity index (χ3v) is 9.89. The minimum Gasteiger partial charge on any atom is -0.391 e. The number of fused-ring (bicyclic) bond motifs is 3. The van der Waals surface area contributed by atoms with Crippen LogP contribution in [0, 0.1) is 0 Å². The van der Waals surface area contributed by atoms with Crippen LogP contribution in [0.25, 0.3) is 0 Å². The Kier molecular flexibility index (Phi) is 9.08. The van der Waals surface area contributed by atoms with Crippen LogP contribution in [0.3, 0.4) is 0 Å². The van der Waals surface area contributed by atoms with Gasteiger partial charge in [-0.15, -0.1) is 23.2 Å². The summed E-state index contributed by atoms with van der Waals surface area (Å²) in [6, 6.07) is 0. The molecular weight excluding hydrogens is 517 g/mol. The molecule has 7 atom stereocenters. The minimum atomic E-state index is -1.13. The van der Waals surface area contributed by atoms with E-state index < -0.39 is 40.3 Å². The first-order valence-corrected chi connectivity index (χ1v) is 14.0. The molecule has 206 valence electrons. The number of halogens is 4. The monoisotopic (exact) mass is 554 g/mol. The van der Waals surface area contributed by atoms with E-state index in [0.29, 0.717) is 57.8 Å². The highest BCUT2D eigenvalue weighted by atomic mass is 35.5. The van der Waals surface area contributed by atoms with E-state index in [0.717, 1.165) is 0 Å². The molecule has 36 heavy (non-hydrogen) atoms. The zero-order chi connectivity index (χ0) is 26.1. The molecule has 0 heterocycles. The van der Waals surface area contributed by atoms with Crippen LogP contribution >= 0.6 is 23.2 Å². The normalized spacial score (nSPS) is 42.7. The van der Waals surface area contributed by atoms with Gasteiger partial charge < -0.3 is 24.8 Å². The average molecular weight is 555 g/mol. The molecule has 5 aliphatic rings. The van der Waals surface area contributed by atoms with Crippen molar-refractivity contribution >= 4 is 35.0 Å². The lowest BCUT2D eigenvalue weighted by molar-refractivity contribution is -0.164. The van der Waals surface area contributed by atoms with Crippen molar-refractivity contribution in [1.29, 1.82) is 0 Å². The number of rotatable bonds is 8. The molecule has 5 aliphatic carbocycles. The maximum Gasteiger partial charge on any atom is 0.248 e. The number of hydrogen-bond donors (Lipinski definition) is 2. The molecule has 0 aromatic heterocycles. The number of likely N-dealkylation sites (N-methyl/N-ethyl adjacent to an activating group) is 1. The maximum atomic E-state index is 13.9. The quantitative estimate of drug-likeness (QED) is 0.449. The van der Waals surface area contributed by atoms with Crippen LogP contribution in [-0.2, 0) is 19.1 Å². The number of ether oxygens (including phenoxy) is 2. The standard InChI is InChI=1S/C25H38Cl2F2N2O5/c1-31(23(34)14-36-16-3-5-18(27)20(29)11-16)25-8-6-24(7-9-25,12-21(25)32)30-22(33)13-35-15-2-4-17(26)19(28)10-15/h15-21,32H,2-14H2,1H3,(H,30,33)/t15?,16?,17?,18?,19?,20?,21-,24?,25?/m0/s1. The molecule has 5 rings (SSSR count). The van der Waals surface area contributed by atoms with Gasteiger partial charge in [0.05, 0.1) is 34.6 Å². The number of nitrogens with one attached hydrogen (secondary N) is 1. The van der Waals surface area contributed by atoms with Gasteiger partial charge in [-0.3, -0.25) is 9.59 Å². The fourth-order valence-electron chi connectivity index (χ4n) is 6.44. The van der Waals surface area contributed by atoms with E-state index in [2.05, 4.69) is 5.32 Å². The molecule has 2 N–H and O–H groups in total. The predicted molar refractivity (Wildman–Crippen MR) is 132 cm³/mol. The fraction of sp³-hybridized carbons (Fsp3) is 0.920. The Labute approximate surface area is 221 Å². The van der Waals surface area contributed by atoms with Crippen LogP contribution < -0.4 is 5.32 Å². The number of aliphatic hydroxyl groups is 1. The molecule has 0 aromatic carbocycles. The largest absolute Gasteiger partial charge is 0.391 e. The van der Waals surface area contributed by atoms with E-state index in [1.54, 1.807) is 11.9 Å². The third-order valence-electron chi connectivity index (χ3n) is 8.91. The van der Waals surface area contributed by atoms with Crippen LogP contribution in [-0.4, -0.2) is 94.6 Å². The van der Waals surface area contributed by atoms with Gasteiger partial charge >= 0.3 is 0 Å². The maximum absolute atomic E-state index is 13.9. The van der Waals surface area contributed by atoms with Crippen molar-refractivity contribution in [2.75, 3.05) is 20.3 Å². The van der Waals surface area contributed by atoms with Crippen molar-refractivity contribution in [1.82, 2.24) is 10.2 Å². The molecule has 6 unspecified atom stereocenters. The van der Waals surface area contributed by atoms with Crippen molar-refractivity contribution in [3.63, 3.8) is 0 Å². The van der Waals surface area contributed by atoms with E-state index in [9.17, 15) is 23.5 Å². The van der Waals surface area contributed by atoms with Gasteiger partial charge in [0.1, 0.15) is 25.6 Å². The SMILES string of the molecule is CN(C(=O)COC1CCC(Cl)C(F)C1)C12CCC(NC(=O)COC3CCC(Cl)C(F)C3)(CC1)C[C@@H]2O. The lowest BCUT2D eigenvalue weighted by Crippen LogP contribution is -2.70. The summed E-state index contributed by atoms with van der Waals surface area (Å²) in [5.74, 6) is -0.530. The van der Waals surface area contributed by atoms with E-state index >= 15 is 0 Å². The Hall–Kier alpha value is -0.740. The molecule has 0 aromatic rings. The molecular formula is C25H38Cl2F2N2O5. The van der Waals surface area contributed by atoms with Crippen molar-refractivity contribution in [2.24, 2.45) is 0 Å². The number of amides is 2. The molecule has 2 bridgehead atoms. The Balaban J connectivity index is 1.24. The summed E-state index contributed by atoms with van der Waals surface area (Å²) < 4.78 is 39.0. The van der Waals surface area contributed by atoms with Crippen LogP contribution in [0.2, 0.25) is 0 Å². The minimum absolute atomic E-state index is 0.158. The summed E-state index contributed by atoms with van der Waals surface area (Å²) >= 11 is 11.8. The Morgan fingerprint density at radius 1 is 0.944 bits per heavy atom. The van der Waals surface area contributed by atoms with Gasteiger partial charge in [-0.05, 0) is 57.8 Å². The Bertz CT molecular complexity index is 800. The van der Waals surface area contributed by atoms with E-state index in [4.69, 9.17) is 32.7 Å². The zero-order valence-corrected chi connectivity index (χ0v) is 22.3. The molecule has 2 amide bonds. The molecule has 0 aliphatic heterocycles. The summed E-state index contributed by atoms with van der Waals surface area (Å²) in [6.07, 6.45) is 1.63. The smallest absolute Gasteiger partial charge is 0.248 e. The van der Waals surface area contributed by atoms with Crippen LogP contribution in [0.1, 0.15) is 70.6 Å². The van der Waals surface area contributed by atoms with Crippen molar-refractivity contribution in [3.05, 3.63) is 0 Å². The van der Waals surface area contributed by atoms with Gasteiger partial charge in [0.25, 0.3) is 0 Å². The van der Waals surface area contributed by atoms with Crippen molar-refractivity contribution < 1.29 is 33.0 Å². The van der Waals surface area contributed by atoms with Crippen molar-refractivity contribution in [3.8, 4) is 0 Å². The second-order valence-corrected chi connectivity index (χ2v) is 12.3. The van der Waals surface area contributed by atoms with Crippen LogP contribution in [0.15, 0.2) is 0 Å². The number of alkyl halides is 4. The van der Waals surface area contributed by atoms with E-state index in [1.165, 1.54) is 0 Å². The summed E-state index contributed by atoms with van der Waals surface area (Å²) in [6.45, 7) is -0.325. The van der Waals surface area contributed by atoms with Crippen LogP contribution in [0.4, 0.5) is 8.78 Å². The first-order chi connectivity index (χ1) is 17.0. The topological polar surface area (TPSA) is 88.1 Å². The summed E-state index contributed by atoms with van der Waals surface area (Å²) in [4.78, 5) is 27.2. The van der Waals surface area contributed by atoms with Crippen molar-refractivity contribution in [2.45, 2.75) is 123 Å². The average Bonchev–Trinajstić information content (AvgIpc) is 2.85. The highest BCUT2D eigenvalue weighted by molar-refractivity contribution is 6.21. The van der Waals surface area contributed by atoms with Gasteiger partial charge in [0.15, 0.2) is 0 Å².